The lowest BCUT2D eigenvalue weighted by atomic mass is 9.51. The molecule has 2 aliphatic rings. The Hall–Kier alpha value is -0.590. The highest BCUT2D eigenvalue weighted by molar-refractivity contribution is 5.87. The Balaban J connectivity index is 2.41. The molecule has 0 aliphatic heterocycles. The number of hydrogen-bond donors (Lipinski definition) is 0. The predicted molar refractivity (Wildman–Crippen MR) is 62.5 cm³/mol. The van der Waals surface area contributed by atoms with Crippen molar-refractivity contribution in [1.29, 1.82) is 0 Å². The van der Waals surface area contributed by atoms with Crippen molar-refractivity contribution >= 4 is 5.78 Å². The molecule has 2 unspecified atom stereocenters. The van der Waals surface area contributed by atoms with Crippen LogP contribution in [0.15, 0.2) is 12.2 Å². The summed E-state index contributed by atoms with van der Waals surface area (Å²) in [6, 6.07) is 0. The summed E-state index contributed by atoms with van der Waals surface area (Å²) in [6.07, 6.45) is 3.12. The smallest absolute Gasteiger partial charge is 0.141 e. The molecule has 15 heavy (non-hydrogen) atoms. The molecule has 2 aliphatic carbocycles. The number of Topliss-reactive ketones (excluding diaryl/α,β-unsaturated/α-hetero) is 1. The lowest BCUT2D eigenvalue weighted by Gasteiger charge is -2.52. The topological polar surface area (TPSA) is 17.1 Å². The highest BCUT2D eigenvalue weighted by Crippen LogP contribution is 2.56. The molecule has 0 saturated heterocycles. The minimum atomic E-state index is 0.129. The average Bonchev–Trinajstić information content (AvgIpc) is 1.97. The molecule has 2 fully saturated rings. The molecule has 0 radical (unpaired) electrons. The van der Waals surface area contributed by atoms with Crippen molar-refractivity contribution in [3.63, 3.8) is 0 Å². The highest BCUT2D eigenvalue weighted by atomic mass is 16.1. The zero-order valence-corrected chi connectivity index (χ0v) is 10.4. The van der Waals surface area contributed by atoms with E-state index in [0.717, 1.165) is 12.8 Å². The lowest BCUT2D eigenvalue weighted by Crippen LogP contribution is -2.49. The summed E-state index contributed by atoms with van der Waals surface area (Å²) in [5, 5.41) is 0. The van der Waals surface area contributed by atoms with Gasteiger partial charge in [-0.15, -0.1) is 0 Å². The van der Waals surface area contributed by atoms with E-state index in [9.17, 15) is 4.79 Å². The summed E-state index contributed by atoms with van der Waals surface area (Å²) in [5.41, 5.74) is 1.50. The number of allylic oxidation sites excluding steroid dienone is 1. The van der Waals surface area contributed by atoms with Crippen LogP contribution in [0.1, 0.15) is 47.0 Å². The Kier molecular flexibility index (Phi) is 2.15. The van der Waals surface area contributed by atoms with E-state index in [0.29, 0.717) is 11.7 Å². The minimum absolute atomic E-state index is 0.129. The van der Waals surface area contributed by atoms with Crippen molar-refractivity contribution in [2.24, 2.45) is 22.7 Å². The minimum Gasteiger partial charge on any atom is -0.299 e. The zero-order valence-electron chi connectivity index (χ0n) is 10.4. The van der Waals surface area contributed by atoms with E-state index in [4.69, 9.17) is 0 Å². The number of ketones is 1. The van der Waals surface area contributed by atoms with Crippen LogP contribution in [0.3, 0.4) is 0 Å². The molecule has 84 valence electrons. The van der Waals surface area contributed by atoms with Crippen molar-refractivity contribution in [2.75, 3.05) is 0 Å². The van der Waals surface area contributed by atoms with Gasteiger partial charge >= 0.3 is 0 Å². The van der Waals surface area contributed by atoms with Crippen LogP contribution in [-0.2, 0) is 4.79 Å². The summed E-state index contributed by atoms with van der Waals surface area (Å²) in [7, 11) is 0. The number of fused-ring (bicyclic) bond motifs is 2. The van der Waals surface area contributed by atoms with Crippen molar-refractivity contribution in [2.45, 2.75) is 47.0 Å². The predicted octanol–water partition coefficient (Wildman–Crippen LogP) is 3.59. The summed E-state index contributed by atoms with van der Waals surface area (Å²) in [4.78, 5) is 12.2. The van der Waals surface area contributed by atoms with E-state index in [1.807, 2.05) is 0 Å². The first-order valence-electron chi connectivity index (χ1n) is 5.97. The first-order valence-corrected chi connectivity index (χ1v) is 5.97. The average molecular weight is 206 g/mol. The van der Waals surface area contributed by atoms with Gasteiger partial charge in [0.1, 0.15) is 5.78 Å². The normalized spacial score (nSPS) is 37.9. The molecule has 0 amide bonds. The first kappa shape index (κ1) is 10.9. The molecule has 2 saturated carbocycles. The van der Waals surface area contributed by atoms with Crippen LogP contribution >= 0.6 is 0 Å². The Labute approximate surface area is 92.9 Å². The molecule has 0 aromatic rings. The fraction of sp³-hybridized carbons (Fsp3) is 0.786. The molecular formula is C14H22O. The van der Waals surface area contributed by atoms with Gasteiger partial charge < -0.3 is 0 Å². The van der Waals surface area contributed by atoms with Gasteiger partial charge in [0.2, 0.25) is 0 Å². The van der Waals surface area contributed by atoms with E-state index in [1.165, 1.54) is 12.0 Å². The fourth-order valence-electron chi connectivity index (χ4n) is 3.76. The fourth-order valence-corrected chi connectivity index (χ4v) is 3.76. The van der Waals surface area contributed by atoms with Gasteiger partial charge in [0.05, 0.1) is 0 Å². The molecule has 0 N–H and O–H groups in total. The maximum Gasteiger partial charge on any atom is 0.141 e. The van der Waals surface area contributed by atoms with Crippen molar-refractivity contribution in [3.05, 3.63) is 12.2 Å². The van der Waals surface area contributed by atoms with Gasteiger partial charge in [-0.2, -0.15) is 0 Å². The van der Waals surface area contributed by atoms with Gasteiger partial charge in [-0.3, -0.25) is 4.79 Å². The standard InChI is InChI=1S/C14H22O/c1-9-10-6-7-13(2,3)12(9)11(15)8-14(10,4)5/h10,12H,1,6-8H2,2-5H3. The second-order valence-corrected chi connectivity index (χ2v) is 6.72. The van der Waals surface area contributed by atoms with Gasteiger partial charge in [0.15, 0.2) is 0 Å². The third kappa shape index (κ3) is 1.47. The Morgan fingerprint density at radius 3 is 2.40 bits per heavy atom. The molecule has 2 rings (SSSR count). The van der Waals surface area contributed by atoms with Crippen LogP contribution in [0.4, 0.5) is 0 Å². The Bertz CT molecular complexity index is 320. The van der Waals surface area contributed by atoms with Gasteiger partial charge in [0.25, 0.3) is 0 Å². The zero-order chi connectivity index (χ0) is 11.4. The van der Waals surface area contributed by atoms with Crippen LogP contribution in [0.25, 0.3) is 0 Å². The SMILES string of the molecule is C=C1C2CCC(C)(C)C1C(=O)CC2(C)C. The highest BCUT2D eigenvalue weighted by Gasteiger charge is 2.52. The van der Waals surface area contributed by atoms with Gasteiger partial charge in [-0.1, -0.05) is 39.8 Å². The molecule has 2 bridgehead atoms. The molecule has 0 heterocycles. The van der Waals surface area contributed by atoms with Crippen LogP contribution in [0, 0.1) is 22.7 Å². The maximum absolute atomic E-state index is 12.2. The van der Waals surface area contributed by atoms with E-state index >= 15 is 0 Å². The second kappa shape index (κ2) is 2.96. The third-order valence-corrected chi connectivity index (χ3v) is 4.57. The summed E-state index contributed by atoms with van der Waals surface area (Å²) in [5.74, 6) is 1.11. The van der Waals surface area contributed by atoms with E-state index in [1.54, 1.807) is 0 Å². The summed E-state index contributed by atoms with van der Waals surface area (Å²) >= 11 is 0. The molecule has 1 heteroatoms. The van der Waals surface area contributed by atoms with Crippen LogP contribution in [0.5, 0.6) is 0 Å². The number of carbonyl (C=O) groups excluding carboxylic acids is 1. The van der Waals surface area contributed by atoms with E-state index in [-0.39, 0.29) is 16.7 Å². The molecule has 0 aromatic carbocycles. The quantitative estimate of drug-likeness (QED) is 0.553. The van der Waals surface area contributed by atoms with Crippen LogP contribution in [0.2, 0.25) is 0 Å². The first-order chi connectivity index (χ1) is 6.76. The van der Waals surface area contributed by atoms with E-state index in [2.05, 4.69) is 34.3 Å². The molecule has 0 aromatic heterocycles. The molecule has 0 spiro atoms. The Morgan fingerprint density at radius 1 is 1.20 bits per heavy atom. The third-order valence-electron chi connectivity index (χ3n) is 4.57. The largest absolute Gasteiger partial charge is 0.299 e. The number of carbonyl (C=O) groups is 1. The number of rotatable bonds is 0. The molecular weight excluding hydrogens is 184 g/mol. The van der Waals surface area contributed by atoms with Gasteiger partial charge in [0, 0.05) is 12.3 Å². The summed E-state index contributed by atoms with van der Waals surface area (Å²) in [6.45, 7) is 13.1. The van der Waals surface area contributed by atoms with E-state index < -0.39 is 0 Å². The second-order valence-electron chi connectivity index (χ2n) is 6.72. The van der Waals surface area contributed by atoms with Gasteiger partial charge in [-0.25, -0.2) is 0 Å². The van der Waals surface area contributed by atoms with Gasteiger partial charge in [-0.05, 0) is 29.6 Å². The van der Waals surface area contributed by atoms with Crippen LogP contribution in [-0.4, -0.2) is 5.78 Å². The molecule has 2 atom stereocenters. The lowest BCUT2D eigenvalue weighted by molar-refractivity contribution is -0.133. The molecule has 1 nitrogen and oxygen atoms in total. The summed E-state index contributed by atoms with van der Waals surface area (Å²) < 4.78 is 0. The number of hydrogen-bond acceptors (Lipinski definition) is 1. The van der Waals surface area contributed by atoms with Crippen molar-refractivity contribution in [3.8, 4) is 0 Å². The Morgan fingerprint density at radius 2 is 1.80 bits per heavy atom. The maximum atomic E-state index is 12.2. The van der Waals surface area contributed by atoms with Crippen LogP contribution < -0.4 is 0 Å². The van der Waals surface area contributed by atoms with Crippen molar-refractivity contribution in [1.82, 2.24) is 0 Å². The van der Waals surface area contributed by atoms with Crippen molar-refractivity contribution < 1.29 is 4.79 Å². The monoisotopic (exact) mass is 206 g/mol.